The third-order valence-corrected chi connectivity index (χ3v) is 1.49. The van der Waals surface area contributed by atoms with E-state index in [4.69, 9.17) is 11.6 Å². The molecule has 1 aliphatic heterocycles. The first-order chi connectivity index (χ1) is 5.33. The zero-order valence-electron chi connectivity index (χ0n) is 6.01. The van der Waals surface area contributed by atoms with Crippen LogP contribution in [0.1, 0.15) is 6.42 Å². The molecule has 1 heterocycles. The van der Waals surface area contributed by atoms with Crippen LogP contribution in [0.25, 0.3) is 0 Å². The number of hydrogen-bond donors (Lipinski definition) is 1. The Hall–Kier alpha value is -0.830. The Labute approximate surface area is 70.1 Å². The van der Waals surface area contributed by atoms with Gasteiger partial charge in [-0.25, -0.2) is 0 Å². The highest BCUT2D eigenvalue weighted by atomic mass is 35.5. The molecule has 0 fully saturated rings. The molecular weight excluding hydrogens is 164 g/mol. The Morgan fingerprint density at radius 1 is 1.82 bits per heavy atom. The third kappa shape index (κ3) is 2.72. The fourth-order valence-corrected chi connectivity index (χ4v) is 0.831. The molecule has 4 heteroatoms. The number of rotatable bonds is 1. The molecule has 0 aromatic rings. The molecular formula is C7H9ClN2O. The maximum Gasteiger partial charge on any atom is 0.240 e. The lowest BCUT2D eigenvalue weighted by molar-refractivity contribution is -0.117. The van der Waals surface area contributed by atoms with Crippen LogP contribution in [0, 0.1) is 0 Å². The van der Waals surface area contributed by atoms with E-state index >= 15 is 0 Å². The smallest absolute Gasteiger partial charge is 0.240 e. The topological polar surface area (TPSA) is 41.5 Å². The highest BCUT2D eigenvalue weighted by Gasteiger charge is 2.02. The van der Waals surface area contributed by atoms with Crippen molar-refractivity contribution in [2.45, 2.75) is 6.42 Å². The van der Waals surface area contributed by atoms with Gasteiger partial charge in [0.25, 0.3) is 0 Å². The SMILES string of the molecule is O=C(CCl)NC1=NCCC=C1. The van der Waals surface area contributed by atoms with Crippen molar-refractivity contribution in [1.82, 2.24) is 5.32 Å². The van der Waals surface area contributed by atoms with Gasteiger partial charge in [-0.15, -0.1) is 11.6 Å². The predicted molar refractivity (Wildman–Crippen MR) is 44.9 cm³/mol. The molecule has 1 N–H and O–H groups in total. The van der Waals surface area contributed by atoms with Crippen molar-refractivity contribution < 1.29 is 4.79 Å². The van der Waals surface area contributed by atoms with Crippen molar-refractivity contribution in [2.75, 3.05) is 12.4 Å². The minimum absolute atomic E-state index is 0.0210. The van der Waals surface area contributed by atoms with Gasteiger partial charge in [-0.1, -0.05) is 6.08 Å². The molecule has 0 spiro atoms. The molecule has 0 aliphatic carbocycles. The van der Waals surface area contributed by atoms with Gasteiger partial charge in [0.1, 0.15) is 11.7 Å². The molecule has 1 aliphatic rings. The number of nitrogens with one attached hydrogen (secondary N) is 1. The Balaban J connectivity index is 2.42. The summed E-state index contributed by atoms with van der Waals surface area (Å²) in [6.07, 6.45) is 4.70. The van der Waals surface area contributed by atoms with Crippen LogP contribution in [0.4, 0.5) is 0 Å². The molecule has 0 saturated carbocycles. The van der Waals surface area contributed by atoms with E-state index < -0.39 is 0 Å². The van der Waals surface area contributed by atoms with Crippen LogP contribution >= 0.6 is 11.6 Å². The molecule has 0 unspecified atom stereocenters. The summed E-state index contributed by atoms with van der Waals surface area (Å²) in [7, 11) is 0. The minimum Gasteiger partial charge on any atom is -0.310 e. The Bertz CT molecular complexity index is 210. The van der Waals surface area contributed by atoms with Crippen molar-refractivity contribution in [3.05, 3.63) is 12.2 Å². The average molecular weight is 173 g/mol. The number of dihydropyridines is 1. The molecule has 0 aromatic carbocycles. The number of nitrogens with zero attached hydrogens (tertiary/aromatic N) is 1. The number of alkyl halides is 1. The lowest BCUT2D eigenvalue weighted by atomic mass is 10.3. The van der Waals surface area contributed by atoms with Crippen LogP contribution in [-0.4, -0.2) is 24.2 Å². The van der Waals surface area contributed by atoms with Crippen LogP contribution in [0.3, 0.4) is 0 Å². The number of halogens is 1. The van der Waals surface area contributed by atoms with E-state index in [1.165, 1.54) is 0 Å². The number of amidine groups is 1. The molecule has 3 nitrogen and oxygen atoms in total. The van der Waals surface area contributed by atoms with Crippen LogP contribution < -0.4 is 5.32 Å². The monoisotopic (exact) mass is 172 g/mol. The molecule has 0 aromatic heterocycles. The van der Waals surface area contributed by atoms with Crippen LogP contribution in [0.5, 0.6) is 0 Å². The maximum absolute atomic E-state index is 10.7. The minimum atomic E-state index is -0.211. The predicted octanol–water partition coefficient (Wildman–Crippen LogP) is 0.700. The Kier molecular flexibility index (Phi) is 3.11. The van der Waals surface area contributed by atoms with Crippen molar-refractivity contribution in [3.8, 4) is 0 Å². The van der Waals surface area contributed by atoms with Gasteiger partial charge in [0.15, 0.2) is 0 Å². The summed E-state index contributed by atoms with van der Waals surface area (Å²) in [4.78, 5) is 14.8. The van der Waals surface area contributed by atoms with E-state index in [1.54, 1.807) is 6.08 Å². The quantitative estimate of drug-likeness (QED) is 0.582. The van der Waals surface area contributed by atoms with Crippen molar-refractivity contribution in [3.63, 3.8) is 0 Å². The zero-order chi connectivity index (χ0) is 8.10. The number of carbonyl (C=O) groups is 1. The Morgan fingerprint density at radius 3 is 3.18 bits per heavy atom. The fourth-order valence-electron chi connectivity index (χ4n) is 0.765. The molecule has 1 amide bonds. The van der Waals surface area contributed by atoms with E-state index in [9.17, 15) is 4.79 Å². The molecule has 11 heavy (non-hydrogen) atoms. The molecule has 0 radical (unpaired) electrons. The van der Waals surface area contributed by atoms with Gasteiger partial charge in [-0.2, -0.15) is 0 Å². The van der Waals surface area contributed by atoms with Crippen LogP contribution in [-0.2, 0) is 4.79 Å². The second-order valence-corrected chi connectivity index (χ2v) is 2.41. The van der Waals surface area contributed by atoms with E-state index in [0.29, 0.717) is 5.84 Å². The number of carbonyl (C=O) groups excluding carboxylic acids is 1. The fraction of sp³-hybridized carbons (Fsp3) is 0.429. The van der Waals surface area contributed by atoms with Crippen molar-refractivity contribution in [2.24, 2.45) is 4.99 Å². The largest absolute Gasteiger partial charge is 0.310 e. The van der Waals surface area contributed by atoms with Gasteiger partial charge in [0.05, 0.1) is 0 Å². The number of hydrogen-bond acceptors (Lipinski definition) is 2. The standard InChI is InChI=1S/C7H9ClN2O/c8-5-7(11)10-6-3-1-2-4-9-6/h1,3H,2,4-5H2,(H,9,10,11). The van der Waals surface area contributed by atoms with E-state index in [0.717, 1.165) is 13.0 Å². The molecule has 60 valence electrons. The lowest BCUT2D eigenvalue weighted by Crippen LogP contribution is -2.31. The summed E-state index contributed by atoms with van der Waals surface area (Å²) in [6.45, 7) is 0.744. The number of amides is 1. The number of aliphatic imine (C=N–C) groups is 1. The van der Waals surface area contributed by atoms with Crippen LogP contribution in [0.15, 0.2) is 17.1 Å². The molecule has 0 atom stereocenters. The van der Waals surface area contributed by atoms with Gasteiger partial charge >= 0.3 is 0 Å². The van der Waals surface area contributed by atoms with Crippen molar-refractivity contribution in [1.29, 1.82) is 0 Å². The Morgan fingerprint density at radius 2 is 2.64 bits per heavy atom. The summed E-state index contributed by atoms with van der Waals surface area (Å²) in [5.41, 5.74) is 0. The van der Waals surface area contributed by atoms with Gasteiger partial charge in [-0.05, 0) is 12.5 Å². The van der Waals surface area contributed by atoms with E-state index in [2.05, 4.69) is 10.3 Å². The molecule has 0 saturated heterocycles. The average Bonchev–Trinajstić information content (AvgIpc) is 2.06. The van der Waals surface area contributed by atoms with Crippen molar-refractivity contribution >= 4 is 23.3 Å². The second kappa shape index (κ2) is 4.13. The van der Waals surface area contributed by atoms with Gasteiger partial charge in [-0.3, -0.25) is 9.79 Å². The first kappa shape index (κ1) is 8.27. The third-order valence-electron chi connectivity index (χ3n) is 1.24. The van der Waals surface area contributed by atoms with Gasteiger partial charge < -0.3 is 5.32 Å². The first-order valence-corrected chi connectivity index (χ1v) is 3.93. The summed E-state index contributed by atoms with van der Waals surface area (Å²) in [6, 6.07) is 0. The van der Waals surface area contributed by atoms with Gasteiger partial charge in [0.2, 0.25) is 5.91 Å². The zero-order valence-corrected chi connectivity index (χ0v) is 6.77. The van der Waals surface area contributed by atoms with E-state index in [-0.39, 0.29) is 11.8 Å². The molecule has 1 rings (SSSR count). The van der Waals surface area contributed by atoms with Crippen LogP contribution in [0.2, 0.25) is 0 Å². The summed E-state index contributed by atoms with van der Waals surface area (Å²) >= 11 is 5.28. The lowest BCUT2D eigenvalue weighted by Gasteiger charge is -2.05. The normalized spacial score (nSPS) is 15.9. The summed E-state index contributed by atoms with van der Waals surface area (Å²) in [5, 5.41) is 2.56. The first-order valence-electron chi connectivity index (χ1n) is 3.40. The highest BCUT2D eigenvalue weighted by Crippen LogP contribution is 1.93. The highest BCUT2D eigenvalue weighted by molar-refractivity contribution is 6.28. The van der Waals surface area contributed by atoms with Gasteiger partial charge in [0, 0.05) is 6.54 Å². The summed E-state index contributed by atoms with van der Waals surface area (Å²) < 4.78 is 0. The second-order valence-electron chi connectivity index (χ2n) is 2.14. The molecule has 0 bridgehead atoms. The summed E-state index contributed by atoms with van der Waals surface area (Å²) in [5.74, 6) is 0.381. The van der Waals surface area contributed by atoms with E-state index in [1.807, 2.05) is 6.08 Å². The maximum atomic E-state index is 10.7.